The highest BCUT2D eigenvalue weighted by molar-refractivity contribution is 7.98. The second kappa shape index (κ2) is 5.68. The van der Waals surface area contributed by atoms with Gasteiger partial charge in [0.05, 0.1) is 23.1 Å². The van der Waals surface area contributed by atoms with Gasteiger partial charge in [-0.15, -0.1) is 23.1 Å². The van der Waals surface area contributed by atoms with E-state index >= 15 is 0 Å². The number of hydrogen-bond donors (Lipinski definition) is 1. The lowest BCUT2D eigenvalue weighted by atomic mass is 10.4. The van der Waals surface area contributed by atoms with Crippen LogP contribution in [-0.4, -0.2) is 10.1 Å². The highest BCUT2D eigenvalue weighted by Crippen LogP contribution is 2.30. The topological polar surface area (TPSA) is 33.1 Å². The zero-order valence-electron chi connectivity index (χ0n) is 8.39. The number of rotatable bonds is 4. The Morgan fingerprint density at radius 2 is 2.19 bits per heavy atom. The molecule has 0 bridgehead atoms. The number of hydrogen-bond acceptors (Lipinski definition) is 4. The van der Waals surface area contributed by atoms with Crippen LogP contribution in [0.15, 0.2) is 34.5 Å². The van der Waals surface area contributed by atoms with Gasteiger partial charge in [-0.1, -0.05) is 23.7 Å². The Morgan fingerprint density at radius 3 is 2.88 bits per heavy atom. The zero-order valence-corrected chi connectivity index (χ0v) is 10.8. The highest BCUT2D eigenvalue weighted by atomic mass is 35.5. The first kappa shape index (κ1) is 11.9. The minimum Gasteiger partial charge on any atom is -0.390 e. The molecule has 0 aliphatic carbocycles. The maximum atomic E-state index is 8.90. The molecule has 1 aromatic carbocycles. The quantitative estimate of drug-likeness (QED) is 0.863. The van der Waals surface area contributed by atoms with Gasteiger partial charge < -0.3 is 5.11 Å². The summed E-state index contributed by atoms with van der Waals surface area (Å²) in [5.41, 5.74) is 0.736. The number of benzene rings is 1. The molecule has 2 aromatic rings. The molecule has 0 atom stereocenters. The molecule has 0 aliphatic heterocycles. The van der Waals surface area contributed by atoms with Crippen LogP contribution in [0, 0.1) is 0 Å². The van der Waals surface area contributed by atoms with Gasteiger partial charge in [-0.2, -0.15) is 0 Å². The van der Waals surface area contributed by atoms with Gasteiger partial charge in [0.2, 0.25) is 0 Å². The lowest BCUT2D eigenvalue weighted by molar-refractivity contribution is 0.277. The fourth-order valence-electron chi connectivity index (χ4n) is 1.19. The molecule has 84 valence electrons. The van der Waals surface area contributed by atoms with Gasteiger partial charge >= 0.3 is 0 Å². The van der Waals surface area contributed by atoms with Crippen LogP contribution in [0.4, 0.5) is 0 Å². The number of thiazole rings is 1. The monoisotopic (exact) mass is 271 g/mol. The largest absolute Gasteiger partial charge is 0.390 e. The zero-order chi connectivity index (χ0) is 11.4. The molecule has 0 amide bonds. The Labute approximate surface area is 107 Å². The van der Waals surface area contributed by atoms with Crippen molar-refractivity contribution in [2.45, 2.75) is 17.3 Å². The summed E-state index contributed by atoms with van der Waals surface area (Å²) in [7, 11) is 0. The molecule has 1 N–H and O–H groups in total. The van der Waals surface area contributed by atoms with E-state index in [0.29, 0.717) is 0 Å². The minimum absolute atomic E-state index is 0.00720. The average Bonchev–Trinajstić information content (AvgIpc) is 2.76. The smallest absolute Gasteiger partial charge is 0.103 e. The van der Waals surface area contributed by atoms with Gasteiger partial charge in [0.25, 0.3) is 0 Å². The minimum atomic E-state index is 0.00720. The van der Waals surface area contributed by atoms with Crippen LogP contribution in [0.1, 0.15) is 10.7 Å². The number of nitrogens with zero attached hydrogens (tertiary/aromatic N) is 1. The summed E-state index contributed by atoms with van der Waals surface area (Å²) >= 11 is 9.27. The SMILES string of the molecule is OCc1csc(CSc2ccccc2Cl)n1. The fourth-order valence-corrected chi connectivity index (χ4v) is 3.23. The van der Waals surface area contributed by atoms with E-state index in [1.54, 1.807) is 23.1 Å². The first-order valence-corrected chi connectivity index (χ1v) is 6.95. The van der Waals surface area contributed by atoms with E-state index in [4.69, 9.17) is 16.7 Å². The van der Waals surface area contributed by atoms with Crippen molar-refractivity contribution in [2.75, 3.05) is 0 Å². The normalized spacial score (nSPS) is 10.6. The molecule has 2 nitrogen and oxygen atoms in total. The molecule has 5 heteroatoms. The Morgan fingerprint density at radius 1 is 1.38 bits per heavy atom. The predicted octanol–water partition coefficient (Wildman–Crippen LogP) is 3.58. The molecule has 0 radical (unpaired) electrons. The van der Waals surface area contributed by atoms with Gasteiger partial charge in [0.15, 0.2) is 0 Å². The average molecular weight is 272 g/mol. The van der Waals surface area contributed by atoms with Gasteiger partial charge in [0.1, 0.15) is 5.01 Å². The van der Waals surface area contributed by atoms with Crippen molar-refractivity contribution in [2.24, 2.45) is 0 Å². The third kappa shape index (κ3) is 2.98. The lowest BCUT2D eigenvalue weighted by Gasteiger charge is -2.01. The summed E-state index contributed by atoms with van der Waals surface area (Å²) in [6, 6.07) is 7.76. The molecular formula is C11H10ClNOS2. The van der Waals surface area contributed by atoms with E-state index in [2.05, 4.69) is 4.98 Å². The molecule has 0 aliphatic rings. The molecule has 0 unspecified atom stereocenters. The van der Waals surface area contributed by atoms with Gasteiger partial charge in [0, 0.05) is 10.3 Å². The Balaban J connectivity index is 1.99. The summed E-state index contributed by atoms with van der Waals surface area (Å²) in [5.74, 6) is 0.786. The number of aliphatic hydroxyl groups excluding tert-OH is 1. The second-order valence-electron chi connectivity index (χ2n) is 3.11. The van der Waals surface area contributed by atoms with Crippen LogP contribution < -0.4 is 0 Å². The standard InChI is InChI=1S/C11H10ClNOS2/c12-9-3-1-2-4-10(9)15-7-11-13-8(5-14)6-16-11/h1-4,6,14H,5,7H2. The summed E-state index contributed by atoms with van der Waals surface area (Å²) < 4.78 is 0. The molecule has 0 spiro atoms. The Hall–Kier alpha value is -0.550. The summed E-state index contributed by atoms with van der Waals surface area (Å²) in [4.78, 5) is 5.34. The van der Waals surface area contributed by atoms with Gasteiger partial charge in [-0.05, 0) is 12.1 Å². The van der Waals surface area contributed by atoms with Crippen LogP contribution in [0.3, 0.4) is 0 Å². The molecule has 1 aromatic heterocycles. The second-order valence-corrected chi connectivity index (χ2v) is 5.48. The lowest BCUT2D eigenvalue weighted by Crippen LogP contribution is -1.84. The number of aromatic nitrogens is 1. The van der Waals surface area contributed by atoms with Crippen LogP contribution in [0.5, 0.6) is 0 Å². The van der Waals surface area contributed by atoms with Crippen molar-refractivity contribution in [3.63, 3.8) is 0 Å². The maximum Gasteiger partial charge on any atom is 0.103 e. The third-order valence-corrected chi connectivity index (χ3v) is 4.56. The maximum absolute atomic E-state index is 8.90. The third-order valence-electron chi connectivity index (χ3n) is 1.95. The van der Waals surface area contributed by atoms with E-state index < -0.39 is 0 Å². The number of aliphatic hydroxyl groups is 1. The molecule has 1 heterocycles. The van der Waals surface area contributed by atoms with Crippen molar-refractivity contribution in [3.05, 3.63) is 45.4 Å². The molecule has 0 fully saturated rings. The van der Waals surface area contributed by atoms with Gasteiger partial charge in [-0.25, -0.2) is 4.98 Å². The van der Waals surface area contributed by atoms with Crippen LogP contribution >= 0.6 is 34.7 Å². The van der Waals surface area contributed by atoms with Crippen molar-refractivity contribution in [1.29, 1.82) is 0 Å². The molecule has 2 rings (SSSR count). The van der Waals surface area contributed by atoms with Crippen molar-refractivity contribution >= 4 is 34.7 Å². The molecule has 16 heavy (non-hydrogen) atoms. The highest BCUT2D eigenvalue weighted by Gasteiger charge is 2.04. The fraction of sp³-hybridized carbons (Fsp3) is 0.182. The summed E-state index contributed by atoms with van der Waals surface area (Å²) in [5, 5.41) is 12.6. The van der Waals surface area contributed by atoms with E-state index in [1.165, 1.54) is 0 Å². The van der Waals surface area contributed by atoms with Crippen molar-refractivity contribution in [3.8, 4) is 0 Å². The van der Waals surface area contributed by atoms with Gasteiger partial charge in [-0.3, -0.25) is 0 Å². The first-order valence-electron chi connectivity index (χ1n) is 4.71. The first-order chi connectivity index (χ1) is 7.79. The summed E-state index contributed by atoms with van der Waals surface area (Å²) in [6.07, 6.45) is 0. The summed E-state index contributed by atoms with van der Waals surface area (Å²) in [6.45, 7) is 0.00720. The van der Waals surface area contributed by atoms with Crippen LogP contribution in [0.25, 0.3) is 0 Å². The van der Waals surface area contributed by atoms with E-state index in [-0.39, 0.29) is 6.61 Å². The Kier molecular flexibility index (Phi) is 4.23. The number of thioether (sulfide) groups is 1. The Bertz CT molecular complexity index is 473. The van der Waals surface area contributed by atoms with E-state index in [0.717, 1.165) is 26.4 Å². The van der Waals surface area contributed by atoms with Crippen LogP contribution in [0.2, 0.25) is 5.02 Å². The van der Waals surface area contributed by atoms with E-state index in [1.807, 2.05) is 29.6 Å². The number of halogens is 1. The predicted molar refractivity (Wildman–Crippen MR) is 69.0 cm³/mol. The van der Waals surface area contributed by atoms with E-state index in [9.17, 15) is 0 Å². The van der Waals surface area contributed by atoms with Crippen LogP contribution in [-0.2, 0) is 12.4 Å². The van der Waals surface area contributed by atoms with Crippen molar-refractivity contribution < 1.29 is 5.11 Å². The molecule has 0 saturated carbocycles. The van der Waals surface area contributed by atoms with Crippen molar-refractivity contribution in [1.82, 2.24) is 4.98 Å². The molecule has 0 saturated heterocycles. The molecular weight excluding hydrogens is 262 g/mol.